The number of hydrogen-bond acceptors (Lipinski definition) is 4. The van der Waals surface area contributed by atoms with Crippen molar-refractivity contribution in [2.75, 3.05) is 17.1 Å². The van der Waals surface area contributed by atoms with Crippen LogP contribution in [0.5, 0.6) is 0 Å². The summed E-state index contributed by atoms with van der Waals surface area (Å²) >= 11 is 11.8. The fraction of sp³-hybridized carbons (Fsp3) is 0.500. The summed E-state index contributed by atoms with van der Waals surface area (Å²) in [6.45, 7) is 3.81. The van der Waals surface area contributed by atoms with Crippen LogP contribution in [-0.4, -0.2) is 36.9 Å². The minimum atomic E-state index is -0.419. The number of aromatic nitrogens is 4. The largest absolute Gasteiger partial charge is 0.359 e. The first-order valence-electron chi connectivity index (χ1n) is 5.16. The van der Waals surface area contributed by atoms with Crippen molar-refractivity contribution < 1.29 is 0 Å². The van der Waals surface area contributed by atoms with Gasteiger partial charge in [-0.25, -0.2) is 4.98 Å². The van der Waals surface area contributed by atoms with Crippen molar-refractivity contribution in [2.45, 2.75) is 19.4 Å². The summed E-state index contributed by atoms with van der Waals surface area (Å²) in [6, 6.07) is 0. The maximum atomic E-state index is 5.90. The molecule has 2 rings (SSSR count). The highest BCUT2D eigenvalue weighted by Gasteiger charge is 2.23. The average molecular weight is 274 g/mol. The number of rotatable bonds is 4. The number of anilines is 1. The SMILES string of the molecule is Cc1nnc2c(NC(C)(CCl)CCl)nccn12. The summed E-state index contributed by atoms with van der Waals surface area (Å²) in [6.07, 6.45) is 3.50. The zero-order valence-corrected chi connectivity index (χ0v) is 11.1. The van der Waals surface area contributed by atoms with E-state index in [-0.39, 0.29) is 0 Å². The molecule has 1 N–H and O–H groups in total. The lowest BCUT2D eigenvalue weighted by Crippen LogP contribution is -2.39. The van der Waals surface area contributed by atoms with Crippen LogP contribution in [0.15, 0.2) is 12.4 Å². The predicted octanol–water partition coefficient (Wildman–Crippen LogP) is 2.08. The van der Waals surface area contributed by atoms with E-state index >= 15 is 0 Å². The molecule has 0 unspecified atom stereocenters. The van der Waals surface area contributed by atoms with E-state index < -0.39 is 5.54 Å². The zero-order chi connectivity index (χ0) is 12.5. The lowest BCUT2D eigenvalue weighted by atomic mass is 10.1. The number of nitrogens with one attached hydrogen (secondary N) is 1. The average Bonchev–Trinajstić information content (AvgIpc) is 2.72. The summed E-state index contributed by atoms with van der Waals surface area (Å²) in [5, 5.41) is 11.3. The monoisotopic (exact) mass is 273 g/mol. The van der Waals surface area contributed by atoms with Gasteiger partial charge in [-0.1, -0.05) is 0 Å². The van der Waals surface area contributed by atoms with Gasteiger partial charge >= 0.3 is 0 Å². The molecule has 0 aliphatic rings. The molecule has 0 bridgehead atoms. The predicted molar refractivity (Wildman–Crippen MR) is 69.0 cm³/mol. The molecule has 2 aromatic rings. The van der Waals surface area contributed by atoms with E-state index in [1.165, 1.54) is 0 Å². The highest BCUT2D eigenvalue weighted by molar-refractivity contribution is 6.22. The van der Waals surface area contributed by atoms with Gasteiger partial charge in [0.1, 0.15) is 5.82 Å². The van der Waals surface area contributed by atoms with Crippen LogP contribution in [0, 0.1) is 6.92 Å². The Hall–Kier alpha value is -1.07. The highest BCUT2D eigenvalue weighted by Crippen LogP contribution is 2.19. The van der Waals surface area contributed by atoms with Crippen LogP contribution in [0.4, 0.5) is 5.82 Å². The van der Waals surface area contributed by atoms with Crippen LogP contribution < -0.4 is 5.32 Å². The second-order valence-corrected chi connectivity index (χ2v) is 4.70. The van der Waals surface area contributed by atoms with Crippen molar-refractivity contribution in [3.63, 3.8) is 0 Å². The molecule has 0 aliphatic heterocycles. The van der Waals surface area contributed by atoms with Gasteiger partial charge in [0.25, 0.3) is 0 Å². The minimum Gasteiger partial charge on any atom is -0.359 e. The van der Waals surface area contributed by atoms with Gasteiger partial charge in [-0.3, -0.25) is 4.40 Å². The molecule has 92 valence electrons. The third kappa shape index (κ3) is 2.30. The van der Waals surface area contributed by atoms with Crippen LogP contribution in [-0.2, 0) is 0 Å². The molecule has 0 aliphatic carbocycles. The number of halogens is 2. The molecular formula is C10H13Cl2N5. The van der Waals surface area contributed by atoms with Crippen molar-refractivity contribution in [3.8, 4) is 0 Å². The fourth-order valence-electron chi connectivity index (χ4n) is 1.42. The third-order valence-electron chi connectivity index (χ3n) is 2.51. The van der Waals surface area contributed by atoms with Crippen LogP contribution >= 0.6 is 23.2 Å². The summed E-state index contributed by atoms with van der Waals surface area (Å²) in [4.78, 5) is 4.25. The lowest BCUT2D eigenvalue weighted by molar-refractivity contribution is 0.645. The van der Waals surface area contributed by atoms with E-state index in [1.54, 1.807) is 6.20 Å². The quantitative estimate of drug-likeness (QED) is 0.867. The summed E-state index contributed by atoms with van der Waals surface area (Å²) in [5.74, 6) is 2.21. The first-order valence-corrected chi connectivity index (χ1v) is 6.23. The van der Waals surface area contributed by atoms with Gasteiger partial charge in [0.2, 0.25) is 5.65 Å². The van der Waals surface area contributed by atoms with E-state index in [1.807, 2.05) is 24.4 Å². The van der Waals surface area contributed by atoms with E-state index in [9.17, 15) is 0 Å². The molecule has 0 radical (unpaired) electrons. The maximum absolute atomic E-state index is 5.90. The molecule has 0 saturated heterocycles. The fourth-order valence-corrected chi connectivity index (χ4v) is 1.84. The maximum Gasteiger partial charge on any atom is 0.203 e. The van der Waals surface area contributed by atoms with Crippen molar-refractivity contribution >= 4 is 34.7 Å². The van der Waals surface area contributed by atoms with Crippen LogP contribution in [0.1, 0.15) is 12.7 Å². The van der Waals surface area contributed by atoms with Gasteiger partial charge in [0.15, 0.2) is 5.82 Å². The third-order valence-corrected chi connectivity index (χ3v) is 3.69. The Morgan fingerprint density at radius 3 is 2.71 bits per heavy atom. The number of alkyl halides is 2. The topological polar surface area (TPSA) is 55.1 Å². The van der Waals surface area contributed by atoms with Gasteiger partial charge in [0, 0.05) is 24.2 Å². The van der Waals surface area contributed by atoms with Gasteiger partial charge in [0.05, 0.1) is 5.54 Å². The lowest BCUT2D eigenvalue weighted by Gasteiger charge is -2.26. The Kier molecular flexibility index (Phi) is 3.40. The second-order valence-electron chi connectivity index (χ2n) is 4.17. The Balaban J connectivity index is 2.42. The number of aryl methyl sites for hydroxylation is 1. The molecule has 0 spiro atoms. The van der Waals surface area contributed by atoms with E-state index in [2.05, 4.69) is 20.5 Å². The standard InChI is InChI=1S/C10H13Cl2N5/c1-7-15-16-9-8(13-3-4-17(7)9)14-10(2,5-11)6-12/h3-4H,5-6H2,1-2H3,(H,13,14). The summed E-state index contributed by atoms with van der Waals surface area (Å²) < 4.78 is 1.86. The van der Waals surface area contributed by atoms with Gasteiger partial charge < -0.3 is 5.32 Å². The van der Waals surface area contributed by atoms with Crippen LogP contribution in [0.25, 0.3) is 5.65 Å². The Bertz CT molecular complexity index is 520. The first-order chi connectivity index (χ1) is 8.09. The molecular weight excluding hydrogens is 261 g/mol. The Morgan fingerprint density at radius 2 is 2.06 bits per heavy atom. The van der Waals surface area contributed by atoms with E-state index in [0.717, 1.165) is 5.82 Å². The molecule has 2 heterocycles. The van der Waals surface area contributed by atoms with Crippen molar-refractivity contribution in [3.05, 3.63) is 18.2 Å². The van der Waals surface area contributed by atoms with Crippen LogP contribution in [0.3, 0.4) is 0 Å². The van der Waals surface area contributed by atoms with Crippen LogP contribution in [0.2, 0.25) is 0 Å². The molecule has 5 nitrogen and oxygen atoms in total. The van der Waals surface area contributed by atoms with Gasteiger partial charge in [-0.15, -0.1) is 33.4 Å². The van der Waals surface area contributed by atoms with Crippen molar-refractivity contribution in [2.24, 2.45) is 0 Å². The molecule has 0 aromatic carbocycles. The van der Waals surface area contributed by atoms with Gasteiger partial charge in [-0.2, -0.15) is 0 Å². The first kappa shape index (κ1) is 12.4. The molecule has 0 saturated carbocycles. The van der Waals surface area contributed by atoms with Crippen molar-refractivity contribution in [1.29, 1.82) is 0 Å². The Morgan fingerprint density at radius 1 is 1.35 bits per heavy atom. The molecule has 0 atom stereocenters. The highest BCUT2D eigenvalue weighted by atomic mass is 35.5. The minimum absolute atomic E-state index is 0.381. The van der Waals surface area contributed by atoms with Gasteiger partial charge in [-0.05, 0) is 13.8 Å². The molecule has 7 heteroatoms. The molecule has 2 aromatic heterocycles. The van der Waals surface area contributed by atoms with Crippen molar-refractivity contribution in [1.82, 2.24) is 19.6 Å². The molecule has 0 fully saturated rings. The molecule has 17 heavy (non-hydrogen) atoms. The Labute approximate surface area is 109 Å². The smallest absolute Gasteiger partial charge is 0.203 e. The summed E-state index contributed by atoms with van der Waals surface area (Å²) in [7, 11) is 0. The summed E-state index contributed by atoms with van der Waals surface area (Å²) in [5.41, 5.74) is 0.254. The number of hydrogen-bond donors (Lipinski definition) is 1. The van der Waals surface area contributed by atoms with E-state index in [0.29, 0.717) is 23.2 Å². The normalized spacial score (nSPS) is 12.0. The number of fused-ring (bicyclic) bond motifs is 1. The number of nitrogens with zero attached hydrogens (tertiary/aromatic N) is 4. The second kappa shape index (κ2) is 4.66. The molecule has 0 amide bonds. The van der Waals surface area contributed by atoms with E-state index in [4.69, 9.17) is 23.2 Å². The zero-order valence-electron chi connectivity index (χ0n) is 9.61.